The minimum atomic E-state index is -1.18. The molecule has 0 spiro atoms. The number of hydrogen-bond donors (Lipinski definition) is 2. The SMILES string of the molecule is O=C(O)CONC(=O)c1ccc(Br)o1. The van der Waals surface area contributed by atoms with Gasteiger partial charge < -0.3 is 9.52 Å². The molecular formula is C7H6BrNO5. The van der Waals surface area contributed by atoms with Crippen LogP contribution in [0.15, 0.2) is 21.2 Å². The van der Waals surface area contributed by atoms with E-state index in [9.17, 15) is 9.59 Å². The summed E-state index contributed by atoms with van der Waals surface area (Å²) in [7, 11) is 0. The summed E-state index contributed by atoms with van der Waals surface area (Å²) >= 11 is 3.01. The lowest BCUT2D eigenvalue weighted by molar-refractivity contribution is -0.144. The standard InChI is InChI=1S/C7H6BrNO5/c8-5-2-1-4(14-5)7(12)9-13-3-6(10)11/h1-2H,3H2,(H,9,12)(H,10,11). The monoisotopic (exact) mass is 263 g/mol. The lowest BCUT2D eigenvalue weighted by atomic mass is 10.4. The van der Waals surface area contributed by atoms with Gasteiger partial charge in [-0.25, -0.2) is 10.3 Å². The molecule has 1 heterocycles. The number of carbonyl (C=O) groups excluding carboxylic acids is 1. The Labute approximate surface area is 86.9 Å². The van der Waals surface area contributed by atoms with Crippen LogP contribution in [0, 0.1) is 0 Å². The number of hydroxylamine groups is 1. The van der Waals surface area contributed by atoms with Crippen LogP contribution in [0.2, 0.25) is 0 Å². The number of nitrogens with one attached hydrogen (secondary N) is 1. The molecule has 0 fully saturated rings. The van der Waals surface area contributed by atoms with Crippen molar-refractivity contribution in [3.05, 3.63) is 22.6 Å². The van der Waals surface area contributed by atoms with E-state index in [1.54, 1.807) is 0 Å². The lowest BCUT2D eigenvalue weighted by Crippen LogP contribution is -2.26. The lowest BCUT2D eigenvalue weighted by Gasteiger charge is -2.00. The highest BCUT2D eigenvalue weighted by molar-refractivity contribution is 9.10. The second-order valence-corrected chi connectivity index (χ2v) is 3.00. The van der Waals surface area contributed by atoms with Crippen molar-refractivity contribution in [3.8, 4) is 0 Å². The average Bonchev–Trinajstić information content (AvgIpc) is 2.51. The molecule has 76 valence electrons. The molecule has 0 unspecified atom stereocenters. The van der Waals surface area contributed by atoms with Gasteiger partial charge in [-0.2, -0.15) is 0 Å². The molecule has 1 aromatic rings. The minimum absolute atomic E-state index is 0.0299. The molecule has 0 aliphatic rings. The van der Waals surface area contributed by atoms with Gasteiger partial charge in [0.1, 0.15) is 0 Å². The maximum Gasteiger partial charge on any atom is 0.332 e. The summed E-state index contributed by atoms with van der Waals surface area (Å²) in [6.45, 7) is -0.604. The van der Waals surface area contributed by atoms with Crippen molar-refractivity contribution < 1.29 is 24.0 Å². The molecule has 0 aromatic carbocycles. The number of furan rings is 1. The van der Waals surface area contributed by atoms with Gasteiger partial charge >= 0.3 is 11.9 Å². The molecule has 14 heavy (non-hydrogen) atoms. The molecule has 6 nitrogen and oxygen atoms in total. The van der Waals surface area contributed by atoms with Crippen LogP contribution in [-0.4, -0.2) is 23.6 Å². The zero-order chi connectivity index (χ0) is 10.6. The van der Waals surface area contributed by atoms with Crippen LogP contribution in [0.5, 0.6) is 0 Å². The van der Waals surface area contributed by atoms with Crippen LogP contribution in [-0.2, 0) is 9.63 Å². The Morgan fingerprint density at radius 3 is 2.79 bits per heavy atom. The van der Waals surface area contributed by atoms with E-state index in [4.69, 9.17) is 9.52 Å². The number of carboxylic acid groups (broad SMARTS) is 1. The van der Waals surface area contributed by atoms with Gasteiger partial charge in [-0.3, -0.25) is 9.63 Å². The summed E-state index contributed by atoms with van der Waals surface area (Å²) in [6, 6.07) is 2.95. The van der Waals surface area contributed by atoms with Gasteiger partial charge in [-0.1, -0.05) is 0 Å². The quantitative estimate of drug-likeness (QED) is 0.785. The van der Waals surface area contributed by atoms with Crippen LogP contribution in [0.3, 0.4) is 0 Å². The van der Waals surface area contributed by atoms with Gasteiger partial charge in [0.2, 0.25) is 0 Å². The Kier molecular flexibility index (Phi) is 3.66. The van der Waals surface area contributed by atoms with E-state index < -0.39 is 18.5 Å². The summed E-state index contributed by atoms with van der Waals surface area (Å²) in [5.41, 5.74) is 1.91. The van der Waals surface area contributed by atoms with Crippen LogP contribution < -0.4 is 5.48 Å². The summed E-state index contributed by atoms with van der Waals surface area (Å²) < 4.78 is 5.28. The normalized spacial score (nSPS) is 9.79. The molecule has 0 aliphatic heterocycles. The third kappa shape index (κ3) is 3.19. The number of carboxylic acids is 1. The predicted molar refractivity (Wildman–Crippen MR) is 47.5 cm³/mol. The number of halogens is 1. The third-order valence-electron chi connectivity index (χ3n) is 1.16. The molecule has 1 aromatic heterocycles. The maximum atomic E-state index is 11.1. The van der Waals surface area contributed by atoms with Crippen molar-refractivity contribution in [2.75, 3.05) is 6.61 Å². The van der Waals surface area contributed by atoms with Crippen molar-refractivity contribution in [1.82, 2.24) is 5.48 Å². The number of aliphatic carboxylic acids is 1. The van der Waals surface area contributed by atoms with Crippen molar-refractivity contribution in [2.45, 2.75) is 0 Å². The van der Waals surface area contributed by atoms with Gasteiger partial charge in [0.05, 0.1) is 0 Å². The fraction of sp³-hybridized carbons (Fsp3) is 0.143. The van der Waals surface area contributed by atoms with Gasteiger partial charge in [0.25, 0.3) is 0 Å². The molecule has 7 heteroatoms. The summed E-state index contributed by atoms with van der Waals surface area (Å²) in [5.74, 6) is -1.79. The smallest absolute Gasteiger partial charge is 0.332 e. The van der Waals surface area contributed by atoms with Gasteiger partial charge in [-0.05, 0) is 28.1 Å². The number of rotatable bonds is 4. The minimum Gasteiger partial charge on any atom is -0.479 e. The van der Waals surface area contributed by atoms with Gasteiger partial charge in [0, 0.05) is 0 Å². The van der Waals surface area contributed by atoms with Crippen LogP contribution in [0.4, 0.5) is 0 Å². The molecular weight excluding hydrogens is 258 g/mol. The topological polar surface area (TPSA) is 88.8 Å². The van der Waals surface area contributed by atoms with E-state index >= 15 is 0 Å². The first-order chi connectivity index (χ1) is 6.59. The predicted octanol–water partition coefficient (Wildman–Crippen LogP) is 0.788. The van der Waals surface area contributed by atoms with E-state index in [-0.39, 0.29) is 5.76 Å². The Morgan fingerprint density at radius 2 is 2.29 bits per heavy atom. The molecule has 1 rings (SSSR count). The van der Waals surface area contributed by atoms with Crippen LogP contribution in [0.25, 0.3) is 0 Å². The zero-order valence-corrected chi connectivity index (χ0v) is 8.41. The van der Waals surface area contributed by atoms with Crippen LogP contribution >= 0.6 is 15.9 Å². The van der Waals surface area contributed by atoms with Crippen molar-refractivity contribution in [3.63, 3.8) is 0 Å². The molecule has 0 radical (unpaired) electrons. The summed E-state index contributed by atoms with van der Waals surface area (Å²) in [4.78, 5) is 25.5. The Hall–Kier alpha value is -1.34. The first-order valence-electron chi connectivity index (χ1n) is 3.49. The van der Waals surface area contributed by atoms with Crippen molar-refractivity contribution >= 4 is 27.8 Å². The number of amides is 1. The molecule has 0 saturated carbocycles. The average molecular weight is 264 g/mol. The molecule has 1 amide bonds. The highest BCUT2D eigenvalue weighted by Gasteiger charge is 2.10. The number of hydrogen-bond acceptors (Lipinski definition) is 4. The maximum absolute atomic E-state index is 11.1. The Balaban J connectivity index is 2.39. The van der Waals surface area contributed by atoms with E-state index in [1.807, 2.05) is 5.48 Å². The fourth-order valence-corrected chi connectivity index (χ4v) is 0.957. The first kappa shape index (κ1) is 10.7. The van der Waals surface area contributed by atoms with Gasteiger partial charge in [0.15, 0.2) is 17.0 Å². The number of carbonyl (C=O) groups is 2. The fourth-order valence-electron chi connectivity index (χ4n) is 0.650. The van der Waals surface area contributed by atoms with Crippen molar-refractivity contribution in [2.24, 2.45) is 0 Å². The highest BCUT2D eigenvalue weighted by Crippen LogP contribution is 2.13. The highest BCUT2D eigenvalue weighted by atomic mass is 79.9. The van der Waals surface area contributed by atoms with E-state index in [0.717, 1.165) is 0 Å². The van der Waals surface area contributed by atoms with Crippen LogP contribution in [0.1, 0.15) is 10.6 Å². The molecule has 0 aliphatic carbocycles. The second kappa shape index (κ2) is 4.77. The van der Waals surface area contributed by atoms with Gasteiger partial charge in [-0.15, -0.1) is 0 Å². The first-order valence-corrected chi connectivity index (χ1v) is 4.28. The summed E-state index contributed by atoms with van der Waals surface area (Å²) in [5, 5.41) is 8.19. The van der Waals surface area contributed by atoms with Crippen molar-refractivity contribution in [1.29, 1.82) is 0 Å². The molecule has 0 atom stereocenters. The Morgan fingerprint density at radius 1 is 1.57 bits per heavy atom. The largest absolute Gasteiger partial charge is 0.479 e. The summed E-state index contributed by atoms with van der Waals surface area (Å²) in [6.07, 6.45) is 0. The molecule has 2 N–H and O–H groups in total. The second-order valence-electron chi connectivity index (χ2n) is 2.22. The van der Waals surface area contributed by atoms with E-state index in [2.05, 4.69) is 20.8 Å². The van der Waals surface area contributed by atoms with E-state index in [1.165, 1.54) is 12.1 Å². The Bertz CT molecular complexity index is 348. The van der Waals surface area contributed by atoms with E-state index in [0.29, 0.717) is 4.67 Å². The third-order valence-corrected chi connectivity index (χ3v) is 1.58. The zero-order valence-electron chi connectivity index (χ0n) is 6.82. The molecule has 0 bridgehead atoms. The molecule has 0 saturated heterocycles.